The predicted molar refractivity (Wildman–Crippen MR) is 234 cm³/mol. The van der Waals surface area contributed by atoms with Crippen molar-refractivity contribution in [3.05, 3.63) is 52.1 Å². The minimum Gasteiger partial charge on any atom is -0.481 e. The number of hydrogen-bond donors (Lipinski definition) is 10. The second kappa shape index (κ2) is 25.5. The number of fused-ring (bicyclic) bond motifs is 1. The number of nitrogens with one attached hydrogen (secondary N) is 5. The molecule has 0 aliphatic carbocycles. The van der Waals surface area contributed by atoms with E-state index < -0.39 is 77.6 Å². The van der Waals surface area contributed by atoms with Crippen LogP contribution in [-0.2, 0) is 35.3 Å². The number of amides is 3. The molecule has 22 nitrogen and oxygen atoms in total. The molecule has 336 valence electrons. The number of carboxylic acid groups (broad SMARTS) is 2. The first-order chi connectivity index (χ1) is 29.5. The van der Waals surface area contributed by atoms with Crippen LogP contribution in [-0.4, -0.2) is 114 Å². The number of carbonyl (C=O) groups is 7. The fourth-order valence-corrected chi connectivity index (χ4v) is 7.72. The molecule has 0 fully saturated rings. The van der Waals surface area contributed by atoms with E-state index in [9.17, 15) is 48.6 Å². The number of carboxylic acids is 2. The highest BCUT2D eigenvalue weighted by Gasteiger charge is 2.32. The summed E-state index contributed by atoms with van der Waals surface area (Å²) in [6.07, 6.45) is 0.262. The number of rotatable bonds is 28. The lowest BCUT2D eigenvalue weighted by molar-refractivity contribution is -0.144. The molecule has 0 spiro atoms. The van der Waals surface area contributed by atoms with Crippen LogP contribution in [0.3, 0.4) is 0 Å². The van der Waals surface area contributed by atoms with Crippen molar-refractivity contribution >= 4 is 91.6 Å². The smallest absolute Gasteiger partial charge is 0.307 e. The highest BCUT2D eigenvalue weighted by Crippen LogP contribution is 2.26. The van der Waals surface area contributed by atoms with E-state index in [1.54, 1.807) is 24.3 Å². The van der Waals surface area contributed by atoms with Crippen LogP contribution >= 0.6 is 21.6 Å². The van der Waals surface area contributed by atoms with E-state index in [0.717, 1.165) is 0 Å². The number of aliphatic carboxylic acids is 2. The molecule has 3 aromatic rings. The molecule has 24 heteroatoms. The number of Topliss-reactive ketones (excluding diaryl/α,β-unsaturated/α-hetero) is 2. The van der Waals surface area contributed by atoms with Crippen LogP contribution in [0.2, 0.25) is 0 Å². The zero-order valence-electron chi connectivity index (χ0n) is 34.2. The van der Waals surface area contributed by atoms with E-state index in [1.807, 2.05) is 6.92 Å². The molecule has 0 saturated heterocycles. The van der Waals surface area contributed by atoms with Gasteiger partial charge in [0.25, 0.3) is 11.5 Å². The molecule has 0 saturated carbocycles. The van der Waals surface area contributed by atoms with Crippen molar-refractivity contribution in [2.45, 2.75) is 77.4 Å². The van der Waals surface area contributed by atoms with E-state index in [1.165, 1.54) is 34.7 Å². The first-order valence-corrected chi connectivity index (χ1v) is 22.0. The predicted octanol–water partition coefficient (Wildman–Crippen LogP) is 0.572. The number of hydrogen-bond acceptors (Lipinski definition) is 16. The summed E-state index contributed by atoms with van der Waals surface area (Å²) in [4.78, 5) is 120. The molecule has 2 aromatic heterocycles. The quantitative estimate of drug-likeness (QED) is 0.0206. The fraction of sp³-hybridized carbons (Fsp3) is 0.474. The number of aromatic nitrogens is 4. The number of nitrogens with zero attached hydrogens (tertiary/aromatic N) is 4. The maximum Gasteiger partial charge on any atom is 0.307 e. The minimum absolute atomic E-state index is 0.0396. The van der Waals surface area contributed by atoms with Crippen molar-refractivity contribution in [1.82, 2.24) is 35.9 Å². The Balaban J connectivity index is 1.50. The average Bonchev–Trinajstić information content (AvgIpc) is 3.21. The van der Waals surface area contributed by atoms with Crippen LogP contribution in [0, 0.1) is 11.8 Å². The summed E-state index contributed by atoms with van der Waals surface area (Å²) < 4.78 is 0. The third kappa shape index (κ3) is 17.4. The molecule has 0 unspecified atom stereocenters. The maximum atomic E-state index is 13.5. The van der Waals surface area contributed by atoms with Crippen LogP contribution in [0.4, 0.5) is 11.6 Å². The number of nitrogens with two attached hydrogens (primary N) is 3. The molecule has 2 heterocycles. The van der Waals surface area contributed by atoms with Gasteiger partial charge in [-0.2, -0.15) is 4.98 Å². The van der Waals surface area contributed by atoms with E-state index in [0.29, 0.717) is 22.7 Å². The van der Waals surface area contributed by atoms with Gasteiger partial charge in [-0.15, -0.1) is 0 Å². The van der Waals surface area contributed by atoms with Crippen LogP contribution in [0.25, 0.3) is 11.2 Å². The fourth-order valence-electron chi connectivity index (χ4n) is 5.75. The Hall–Kier alpha value is -6.30. The Morgan fingerprint density at radius 3 is 2.29 bits per heavy atom. The number of carbonyl (C=O) groups excluding carboxylic acids is 5. The van der Waals surface area contributed by atoms with Gasteiger partial charge in [0.2, 0.25) is 17.8 Å². The number of H-pyrrole nitrogens is 1. The summed E-state index contributed by atoms with van der Waals surface area (Å²) in [5.41, 5.74) is 17.5. The lowest BCUT2D eigenvalue weighted by Gasteiger charge is -2.23. The van der Waals surface area contributed by atoms with Gasteiger partial charge in [0.05, 0.1) is 42.9 Å². The average molecular weight is 901 g/mol. The Bertz CT molecular complexity index is 2150. The van der Waals surface area contributed by atoms with E-state index in [-0.39, 0.29) is 86.5 Å². The summed E-state index contributed by atoms with van der Waals surface area (Å²) in [7, 11) is 2.67. The summed E-state index contributed by atoms with van der Waals surface area (Å²) >= 11 is 0. The molecule has 62 heavy (non-hydrogen) atoms. The number of benzene rings is 1. The van der Waals surface area contributed by atoms with Gasteiger partial charge in [-0.3, -0.25) is 48.3 Å². The monoisotopic (exact) mass is 900 g/mol. The third-order valence-electron chi connectivity index (χ3n) is 9.01. The third-order valence-corrected chi connectivity index (χ3v) is 11.6. The summed E-state index contributed by atoms with van der Waals surface area (Å²) in [6, 6.07) is 3.98. The maximum absolute atomic E-state index is 13.5. The van der Waals surface area contributed by atoms with Crippen molar-refractivity contribution in [3.63, 3.8) is 0 Å². The topological polar surface area (TPSA) is 370 Å². The van der Waals surface area contributed by atoms with Crippen LogP contribution < -0.4 is 44.0 Å². The van der Waals surface area contributed by atoms with Crippen LogP contribution in [0.15, 0.2) is 40.2 Å². The van der Waals surface area contributed by atoms with Gasteiger partial charge < -0.3 is 48.7 Å². The molecule has 0 aliphatic heterocycles. The highest BCUT2D eigenvalue weighted by molar-refractivity contribution is 8.76. The van der Waals surface area contributed by atoms with Crippen molar-refractivity contribution < 1.29 is 43.8 Å². The van der Waals surface area contributed by atoms with E-state index >= 15 is 0 Å². The zero-order chi connectivity index (χ0) is 45.8. The standard InChI is InChI=1S/C38H52N12O10S2/c1-3-61-62-19-23(36(59)60)15-28(52)26(16-30(54)55)48-34(57)22(6-4-13-43-37(39)40)14-27(51)20(2)46-29(53)7-5-12-42-33(56)21-8-10-24(11-9-21)44-17-25-18-45-32-31(47-25)35(58)50-38(41)49-32/h8-11,18,20,22-23,26,44H,3-7,12-17,19H2,1-2H3,(H,42,56)(H,46,53)(H,48,57)(H,54,55)(H,59,60)(H4,39,40,43)(H3,41,45,49,50,58)/t20-,22+,23-,26-/m0/s1. The number of guanidine groups is 1. The summed E-state index contributed by atoms with van der Waals surface area (Å²) in [6.45, 7) is 3.81. The van der Waals surface area contributed by atoms with Gasteiger partial charge in [-0.05, 0) is 50.5 Å². The van der Waals surface area contributed by atoms with Crippen molar-refractivity contribution in [3.8, 4) is 0 Å². The second-order valence-electron chi connectivity index (χ2n) is 13.9. The minimum atomic E-state index is -1.55. The molecule has 0 bridgehead atoms. The zero-order valence-corrected chi connectivity index (χ0v) is 35.8. The van der Waals surface area contributed by atoms with Gasteiger partial charge in [0.15, 0.2) is 28.7 Å². The number of nitrogen functional groups attached to an aromatic ring is 1. The molecule has 4 atom stereocenters. The van der Waals surface area contributed by atoms with Gasteiger partial charge in [-0.1, -0.05) is 28.5 Å². The van der Waals surface area contributed by atoms with E-state index in [4.69, 9.17) is 17.2 Å². The molecule has 13 N–H and O–H groups in total. The van der Waals surface area contributed by atoms with Crippen molar-refractivity contribution in [2.75, 3.05) is 35.6 Å². The first kappa shape index (κ1) is 50.1. The van der Waals surface area contributed by atoms with Crippen LogP contribution in [0.1, 0.15) is 74.8 Å². The molecular weight excluding hydrogens is 849 g/mol. The molecule has 0 aliphatic rings. The Labute approximate surface area is 363 Å². The lowest BCUT2D eigenvalue weighted by atomic mass is 9.92. The number of ketones is 2. The first-order valence-electron chi connectivity index (χ1n) is 19.5. The molecule has 3 amide bonds. The van der Waals surface area contributed by atoms with Gasteiger partial charge >= 0.3 is 11.9 Å². The van der Waals surface area contributed by atoms with Crippen LogP contribution in [0.5, 0.6) is 0 Å². The Morgan fingerprint density at radius 1 is 0.919 bits per heavy atom. The molecule has 3 rings (SSSR count). The molecule has 1 aromatic carbocycles. The molecule has 0 radical (unpaired) electrons. The largest absolute Gasteiger partial charge is 0.481 e. The Morgan fingerprint density at radius 2 is 1.63 bits per heavy atom. The van der Waals surface area contributed by atoms with E-state index in [2.05, 4.69) is 46.2 Å². The molecular formula is C38H52N12O10S2. The van der Waals surface area contributed by atoms with Gasteiger partial charge in [-0.25, -0.2) is 9.97 Å². The van der Waals surface area contributed by atoms with Crippen molar-refractivity contribution in [1.29, 1.82) is 0 Å². The highest BCUT2D eigenvalue weighted by atomic mass is 33.1. The SMILES string of the molecule is CCSSC[C@H](CC(=O)[C@H](CC(=O)O)NC(=O)[C@H](CCCN=C(N)N)CC(=O)[C@H](C)NC(=O)CCCNC(=O)c1ccc(NCc2cnc3nc(N)[nH]c(=O)c3n2)cc1)C(=O)O. The van der Waals surface area contributed by atoms with Crippen molar-refractivity contribution in [2.24, 2.45) is 28.3 Å². The summed E-state index contributed by atoms with van der Waals surface area (Å²) in [5.74, 6) is -7.23. The lowest BCUT2D eigenvalue weighted by Crippen LogP contribution is -2.47. The number of aromatic amines is 1. The second-order valence-corrected chi connectivity index (χ2v) is 16.7. The normalized spacial score (nSPS) is 12.9. The summed E-state index contributed by atoms with van der Waals surface area (Å²) in [5, 5.41) is 30.0. The Kier molecular flexibility index (Phi) is 20.6. The number of anilines is 2. The number of aliphatic imine (C=N–C) groups is 1. The van der Waals surface area contributed by atoms with Gasteiger partial charge in [0.1, 0.15) is 0 Å². The van der Waals surface area contributed by atoms with Gasteiger partial charge in [0, 0.05) is 61.0 Å².